The summed E-state index contributed by atoms with van der Waals surface area (Å²) in [5, 5.41) is 0. The molecule has 0 spiro atoms. The first-order chi connectivity index (χ1) is 5.18. The van der Waals surface area contributed by atoms with Gasteiger partial charge in [0, 0.05) is 19.8 Å². The molecular formula is C7H17ClO2Si. The topological polar surface area (TPSA) is 18.5 Å². The van der Waals surface area contributed by atoms with Crippen LogP contribution in [0.1, 0.15) is 26.7 Å². The predicted octanol–water partition coefficient (Wildman–Crippen LogP) is 2.65. The second-order valence-corrected chi connectivity index (χ2v) is 6.65. The Morgan fingerprint density at radius 3 is 2.36 bits per heavy atom. The van der Waals surface area contributed by atoms with Gasteiger partial charge in [-0.25, -0.2) is 0 Å². The van der Waals surface area contributed by atoms with Crippen molar-refractivity contribution in [3.8, 4) is 0 Å². The van der Waals surface area contributed by atoms with Crippen LogP contribution in [0.4, 0.5) is 0 Å². The van der Waals surface area contributed by atoms with Gasteiger partial charge in [-0.05, 0) is 6.92 Å². The van der Waals surface area contributed by atoms with Crippen LogP contribution in [0.2, 0.25) is 6.04 Å². The molecule has 0 aromatic carbocycles. The molecule has 0 saturated carbocycles. The summed E-state index contributed by atoms with van der Waals surface area (Å²) in [5.74, 6) is 0. The molecule has 1 atom stereocenters. The zero-order chi connectivity index (χ0) is 8.74. The van der Waals surface area contributed by atoms with Crippen LogP contribution in [0.5, 0.6) is 0 Å². The first-order valence-electron chi connectivity index (χ1n) is 4.06. The van der Waals surface area contributed by atoms with Gasteiger partial charge in [-0.1, -0.05) is 30.8 Å². The lowest BCUT2D eigenvalue weighted by Gasteiger charge is -2.20. The molecule has 0 aromatic heterocycles. The highest BCUT2D eigenvalue weighted by molar-refractivity contribution is 7.12. The third-order valence-corrected chi connectivity index (χ3v) is 5.13. The SMILES string of the molecule is CCCC[Si](Cl)(OC)OCC. The highest BCUT2D eigenvalue weighted by atomic mass is 35.6. The van der Waals surface area contributed by atoms with Crippen molar-refractivity contribution in [2.75, 3.05) is 13.7 Å². The van der Waals surface area contributed by atoms with Crippen molar-refractivity contribution in [3.63, 3.8) is 0 Å². The van der Waals surface area contributed by atoms with E-state index in [0.717, 1.165) is 18.9 Å². The fourth-order valence-corrected chi connectivity index (χ4v) is 3.24. The van der Waals surface area contributed by atoms with E-state index in [2.05, 4.69) is 6.92 Å². The number of hydrogen-bond donors (Lipinski definition) is 0. The van der Waals surface area contributed by atoms with E-state index in [4.69, 9.17) is 19.9 Å². The Labute approximate surface area is 74.8 Å². The maximum Gasteiger partial charge on any atom is 0.442 e. The van der Waals surface area contributed by atoms with Crippen LogP contribution in [-0.4, -0.2) is 21.6 Å². The summed E-state index contributed by atoms with van der Waals surface area (Å²) in [7, 11) is -0.643. The Morgan fingerprint density at radius 2 is 2.00 bits per heavy atom. The zero-order valence-corrected chi connectivity index (χ0v) is 9.28. The van der Waals surface area contributed by atoms with Gasteiger partial charge in [-0.2, -0.15) is 0 Å². The first kappa shape index (κ1) is 11.4. The average Bonchev–Trinajstić information content (AvgIpc) is 2.02. The molecule has 0 bridgehead atoms. The number of hydrogen-bond acceptors (Lipinski definition) is 2. The minimum Gasteiger partial charge on any atom is -0.386 e. The monoisotopic (exact) mass is 196 g/mol. The lowest BCUT2D eigenvalue weighted by atomic mass is 10.4. The standard InChI is InChI=1S/C7H17ClO2Si/c1-4-6-7-11(8,9-3)10-5-2/h4-7H2,1-3H3. The van der Waals surface area contributed by atoms with E-state index in [0.29, 0.717) is 6.61 Å². The van der Waals surface area contributed by atoms with Crippen LogP contribution in [-0.2, 0) is 8.85 Å². The van der Waals surface area contributed by atoms with Gasteiger partial charge >= 0.3 is 7.87 Å². The molecule has 0 saturated heterocycles. The lowest BCUT2D eigenvalue weighted by Crippen LogP contribution is -2.34. The predicted molar refractivity (Wildman–Crippen MR) is 50.0 cm³/mol. The fraction of sp³-hybridized carbons (Fsp3) is 1.00. The molecule has 0 amide bonds. The molecule has 0 aromatic rings. The molecule has 0 aliphatic rings. The van der Waals surface area contributed by atoms with Crippen molar-refractivity contribution >= 4 is 18.9 Å². The summed E-state index contributed by atoms with van der Waals surface area (Å²) in [6.07, 6.45) is 2.22. The van der Waals surface area contributed by atoms with Gasteiger partial charge in [0.15, 0.2) is 0 Å². The van der Waals surface area contributed by atoms with E-state index in [-0.39, 0.29) is 0 Å². The maximum absolute atomic E-state index is 6.10. The van der Waals surface area contributed by atoms with Gasteiger partial charge in [-0.3, -0.25) is 0 Å². The Balaban J connectivity index is 3.68. The fourth-order valence-electron chi connectivity index (χ4n) is 0.837. The number of unbranched alkanes of at least 4 members (excludes halogenated alkanes) is 1. The minimum atomic E-state index is -2.27. The van der Waals surface area contributed by atoms with Gasteiger partial charge in [0.05, 0.1) is 0 Å². The second kappa shape index (κ2) is 6.00. The van der Waals surface area contributed by atoms with E-state index in [1.165, 1.54) is 0 Å². The van der Waals surface area contributed by atoms with Crippen molar-refractivity contribution in [2.45, 2.75) is 32.7 Å². The first-order valence-corrected chi connectivity index (χ1v) is 7.10. The molecule has 0 radical (unpaired) electrons. The Morgan fingerprint density at radius 1 is 1.36 bits per heavy atom. The van der Waals surface area contributed by atoms with Gasteiger partial charge < -0.3 is 8.85 Å². The molecule has 0 fully saturated rings. The molecule has 1 unspecified atom stereocenters. The second-order valence-electron chi connectivity index (χ2n) is 2.40. The third-order valence-electron chi connectivity index (χ3n) is 1.49. The van der Waals surface area contributed by atoms with Crippen molar-refractivity contribution in [2.24, 2.45) is 0 Å². The highest BCUT2D eigenvalue weighted by Crippen LogP contribution is 2.20. The molecule has 68 valence electrons. The molecule has 0 heterocycles. The summed E-state index contributed by atoms with van der Waals surface area (Å²) < 4.78 is 10.5. The Hall–Kier alpha value is 0.427. The van der Waals surface area contributed by atoms with Crippen molar-refractivity contribution in [1.29, 1.82) is 0 Å². The van der Waals surface area contributed by atoms with E-state index in [9.17, 15) is 0 Å². The van der Waals surface area contributed by atoms with E-state index < -0.39 is 7.87 Å². The minimum absolute atomic E-state index is 0.646. The van der Waals surface area contributed by atoms with Gasteiger partial charge in [-0.15, -0.1) is 0 Å². The summed E-state index contributed by atoms with van der Waals surface area (Å²) in [6.45, 7) is 4.72. The summed E-state index contributed by atoms with van der Waals surface area (Å²) in [4.78, 5) is 0. The Bertz CT molecular complexity index is 102. The van der Waals surface area contributed by atoms with Gasteiger partial charge in [0.2, 0.25) is 0 Å². The maximum atomic E-state index is 6.10. The molecule has 4 heteroatoms. The Kier molecular flexibility index (Phi) is 6.23. The smallest absolute Gasteiger partial charge is 0.386 e. The number of halogens is 1. The molecular weight excluding hydrogens is 180 g/mol. The van der Waals surface area contributed by atoms with Crippen molar-refractivity contribution in [1.82, 2.24) is 0 Å². The molecule has 0 aliphatic carbocycles. The van der Waals surface area contributed by atoms with E-state index in [1.807, 2.05) is 6.92 Å². The third kappa shape index (κ3) is 4.79. The molecule has 0 aliphatic heterocycles. The normalized spacial score (nSPS) is 16.4. The van der Waals surface area contributed by atoms with Gasteiger partial charge in [0.1, 0.15) is 0 Å². The van der Waals surface area contributed by atoms with Gasteiger partial charge in [0.25, 0.3) is 0 Å². The van der Waals surface area contributed by atoms with Crippen LogP contribution < -0.4 is 0 Å². The lowest BCUT2D eigenvalue weighted by molar-refractivity contribution is 0.229. The van der Waals surface area contributed by atoms with Crippen LogP contribution >= 0.6 is 11.1 Å². The van der Waals surface area contributed by atoms with Crippen molar-refractivity contribution < 1.29 is 8.85 Å². The van der Waals surface area contributed by atoms with Crippen LogP contribution in [0.15, 0.2) is 0 Å². The quantitative estimate of drug-likeness (QED) is 0.481. The summed E-state index contributed by atoms with van der Waals surface area (Å²) in [5.41, 5.74) is 0. The largest absolute Gasteiger partial charge is 0.442 e. The van der Waals surface area contributed by atoms with Crippen molar-refractivity contribution in [3.05, 3.63) is 0 Å². The zero-order valence-electron chi connectivity index (χ0n) is 7.52. The summed E-state index contributed by atoms with van der Waals surface area (Å²) >= 11 is 6.10. The highest BCUT2D eigenvalue weighted by Gasteiger charge is 2.32. The number of rotatable bonds is 6. The van der Waals surface area contributed by atoms with E-state index >= 15 is 0 Å². The van der Waals surface area contributed by atoms with E-state index in [1.54, 1.807) is 7.11 Å². The van der Waals surface area contributed by atoms with Crippen LogP contribution in [0, 0.1) is 0 Å². The van der Waals surface area contributed by atoms with Crippen LogP contribution in [0.25, 0.3) is 0 Å². The molecule has 2 nitrogen and oxygen atoms in total. The average molecular weight is 197 g/mol. The molecule has 0 rings (SSSR count). The molecule has 11 heavy (non-hydrogen) atoms. The molecule has 0 N–H and O–H groups in total. The van der Waals surface area contributed by atoms with Crippen LogP contribution in [0.3, 0.4) is 0 Å². The summed E-state index contributed by atoms with van der Waals surface area (Å²) in [6, 6.07) is 0.884.